The van der Waals surface area contributed by atoms with Gasteiger partial charge in [0.25, 0.3) is 0 Å². The van der Waals surface area contributed by atoms with Crippen molar-refractivity contribution in [2.45, 2.75) is 45.8 Å². The van der Waals surface area contributed by atoms with Gasteiger partial charge in [0.2, 0.25) is 17.8 Å². The second-order valence-corrected chi connectivity index (χ2v) is 8.10. The van der Waals surface area contributed by atoms with E-state index in [4.69, 9.17) is 4.74 Å². The normalized spacial score (nSPS) is 14.2. The molecular weight excluding hydrogens is 416 g/mol. The Kier molecular flexibility index (Phi) is 7.47. The molecule has 172 valence electrons. The molecule has 8 heteroatoms. The van der Waals surface area contributed by atoms with E-state index in [1.54, 1.807) is 0 Å². The summed E-state index contributed by atoms with van der Waals surface area (Å²) in [7, 11) is 0. The number of hydrogen-bond acceptors (Lipinski definition) is 7. The zero-order valence-corrected chi connectivity index (χ0v) is 19.1. The van der Waals surface area contributed by atoms with E-state index in [1.165, 1.54) is 11.9 Å². The van der Waals surface area contributed by atoms with Crippen molar-refractivity contribution in [1.29, 1.82) is 0 Å². The monoisotopic (exact) mass is 446 g/mol. The van der Waals surface area contributed by atoms with Crippen molar-refractivity contribution in [2.75, 3.05) is 28.6 Å². The minimum atomic E-state index is -0.0196. The summed E-state index contributed by atoms with van der Waals surface area (Å²) in [6, 6.07) is 16.0. The molecule has 33 heavy (non-hydrogen) atoms. The molecule has 1 saturated heterocycles. The largest absolute Gasteiger partial charge is 0.373 e. The highest BCUT2D eigenvalue weighted by Crippen LogP contribution is 2.26. The molecule has 0 saturated carbocycles. The second kappa shape index (κ2) is 10.9. The third-order valence-corrected chi connectivity index (χ3v) is 5.79. The topological polar surface area (TPSA) is 92.3 Å². The Labute approximate surface area is 194 Å². The van der Waals surface area contributed by atoms with Crippen LogP contribution in [0.25, 0.3) is 0 Å². The first-order valence-corrected chi connectivity index (χ1v) is 11.4. The predicted octanol–water partition coefficient (Wildman–Crippen LogP) is 4.46. The van der Waals surface area contributed by atoms with Crippen molar-refractivity contribution in [3.05, 3.63) is 66.0 Å². The zero-order valence-electron chi connectivity index (χ0n) is 19.1. The van der Waals surface area contributed by atoms with Gasteiger partial charge < -0.3 is 20.3 Å². The molecule has 1 aliphatic heterocycles. The lowest BCUT2D eigenvalue weighted by molar-refractivity contribution is -0.115. The van der Waals surface area contributed by atoms with Gasteiger partial charge in [0, 0.05) is 30.9 Å². The number of aromatic nitrogens is 3. The number of amides is 1. The summed E-state index contributed by atoms with van der Waals surface area (Å²) in [6.45, 7) is 6.09. The van der Waals surface area contributed by atoms with E-state index >= 15 is 0 Å². The first-order chi connectivity index (χ1) is 16.1. The second-order valence-electron chi connectivity index (χ2n) is 8.10. The van der Waals surface area contributed by atoms with E-state index < -0.39 is 0 Å². The molecule has 4 rings (SSSR count). The highest BCUT2D eigenvalue weighted by Gasteiger charge is 2.22. The number of piperidine rings is 1. The third-order valence-electron chi connectivity index (χ3n) is 5.79. The fraction of sp³-hybridized carbons (Fsp3) is 0.360. The molecule has 3 aromatic rings. The predicted molar refractivity (Wildman–Crippen MR) is 130 cm³/mol. The smallest absolute Gasteiger partial charge is 0.232 e. The van der Waals surface area contributed by atoms with Gasteiger partial charge in [-0.2, -0.15) is 4.98 Å². The van der Waals surface area contributed by atoms with Crippen molar-refractivity contribution < 1.29 is 9.53 Å². The number of nitrogens with zero attached hydrogens (tertiary/aromatic N) is 4. The number of rotatable bonds is 8. The molecule has 1 aliphatic rings. The molecule has 2 N–H and O–H groups in total. The minimum Gasteiger partial charge on any atom is -0.373 e. The van der Waals surface area contributed by atoms with Gasteiger partial charge in [0.15, 0.2) is 0 Å². The molecule has 8 nitrogen and oxygen atoms in total. The summed E-state index contributed by atoms with van der Waals surface area (Å²) in [5.74, 6) is 1.11. The van der Waals surface area contributed by atoms with Crippen LogP contribution in [0.15, 0.2) is 54.9 Å². The van der Waals surface area contributed by atoms with Gasteiger partial charge in [0.05, 0.1) is 12.7 Å². The molecule has 1 fully saturated rings. The van der Waals surface area contributed by atoms with E-state index in [1.807, 2.05) is 50.2 Å². The summed E-state index contributed by atoms with van der Waals surface area (Å²) in [5.41, 5.74) is 3.74. The SMILES string of the molecule is CCC(=O)Nc1cccc(Nc2ncnc(N3CCC(OCc4ccccc4)CC3)n2)c1C. The standard InChI is InChI=1S/C25H30N6O2/c1-3-23(32)28-21-10-7-11-22(18(21)2)29-24-26-17-27-25(30-24)31-14-12-20(13-15-31)33-16-19-8-5-4-6-9-19/h4-11,17,20H,3,12-16H2,1-2H3,(H,28,32)(H,26,27,29,30). The molecular formula is C25H30N6O2. The fourth-order valence-corrected chi connectivity index (χ4v) is 3.78. The highest BCUT2D eigenvalue weighted by molar-refractivity contribution is 5.92. The summed E-state index contributed by atoms with van der Waals surface area (Å²) in [5, 5.41) is 6.19. The van der Waals surface area contributed by atoms with E-state index in [-0.39, 0.29) is 12.0 Å². The zero-order chi connectivity index (χ0) is 23.0. The Morgan fingerprint density at radius 2 is 1.82 bits per heavy atom. The number of ether oxygens (including phenoxy) is 1. The lowest BCUT2D eigenvalue weighted by Crippen LogP contribution is -2.38. The molecule has 0 aliphatic carbocycles. The average molecular weight is 447 g/mol. The quantitative estimate of drug-likeness (QED) is 0.528. The van der Waals surface area contributed by atoms with Gasteiger partial charge in [-0.1, -0.05) is 43.3 Å². The minimum absolute atomic E-state index is 0.0196. The maximum absolute atomic E-state index is 11.8. The highest BCUT2D eigenvalue weighted by atomic mass is 16.5. The Bertz CT molecular complexity index is 1070. The van der Waals surface area contributed by atoms with Crippen LogP contribution in [0.3, 0.4) is 0 Å². The van der Waals surface area contributed by atoms with Gasteiger partial charge in [-0.05, 0) is 43.0 Å². The fourth-order valence-electron chi connectivity index (χ4n) is 3.78. The van der Waals surface area contributed by atoms with Gasteiger partial charge in [0.1, 0.15) is 6.33 Å². The molecule has 0 unspecified atom stereocenters. The molecule has 2 heterocycles. The van der Waals surface area contributed by atoms with Crippen molar-refractivity contribution in [3.63, 3.8) is 0 Å². The van der Waals surface area contributed by atoms with Crippen molar-refractivity contribution in [2.24, 2.45) is 0 Å². The van der Waals surface area contributed by atoms with Crippen LogP contribution in [0.4, 0.5) is 23.3 Å². The maximum atomic E-state index is 11.8. The van der Waals surface area contributed by atoms with Crippen LogP contribution in [0.2, 0.25) is 0 Å². The van der Waals surface area contributed by atoms with Crippen molar-refractivity contribution >= 4 is 29.2 Å². The molecule has 2 aromatic carbocycles. The van der Waals surface area contributed by atoms with Crippen LogP contribution in [0.5, 0.6) is 0 Å². The summed E-state index contributed by atoms with van der Waals surface area (Å²) in [6.07, 6.45) is 4.06. The number of hydrogen-bond donors (Lipinski definition) is 2. The Hall–Kier alpha value is -3.52. The molecule has 0 bridgehead atoms. The number of carbonyl (C=O) groups is 1. The number of carbonyl (C=O) groups excluding carboxylic acids is 1. The number of nitrogens with one attached hydrogen (secondary N) is 2. The molecule has 1 aromatic heterocycles. The van der Waals surface area contributed by atoms with Crippen LogP contribution in [0, 0.1) is 6.92 Å². The first-order valence-electron chi connectivity index (χ1n) is 11.4. The summed E-state index contributed by atoms with van der Waals surface area (Å²) < 4.78 is 6.09. The van der Waals surface area contributed by atoms with Crippen molar-refractivity contribution in [1.82, 2.24) is 15.0 Å². The van der Waals surface area contributed by atoms with Gasteiger partial charge in [-0.25, -0.2) is 9.97 Å². The Morgan fingerprint density at radius 3 is 2.58 bits per heavy atom. The van der Waals surface area contributed by atoms with Crippen molar-refractivity contribution in [3.8, 4) is 0 Å². The first kappa shape index (κ1) is 22.7. The van der Waals surface area contributed by atoms with E-state index in [0.717, 1.165) is 42.9 Å². The number of benzene rings is 2. The average Bonchev–Trinajstić information content (AvgIpc) is 2.86. The van der Waals surface area contributed by atoms with Gasteiger partial charge in [-0.3, -0.25) is 4.79 Å². The summed E-state index contributed by atoms with van der Waals surface area (Å²) >= 11 is 0. The van der Waals surface area contributed by atoms with E-state index in [0.29, 0.717) is 24.9 Å². The van der Waals surface area contributed by atoms with E-state index in [9.17, 15) is 4.79 Å². The summed E-state index contributed by atoms with van der Waals surface area (Å²) in [4.78, 5) is 27.2. The molecule has 0 atom stereocenters. The van der Waals surface area contributed by atoms with Crippen LogP contribution < -0.4 is 15.5 Å². The van der Waals surface area contributed by atoms with Crippen LogP contribution in [-0.2, 0) is 16.1 Å². The molecule has 1 amide bonds. The Morgan fingerprint density at radius 1 is 1.06 bits per heavy atom. The van der Waals surface area contributed by atoms with Crippen LogP contribution >= 0.6 is 0 Å². The van der Waals surface area contributed by atoms with Gasteiger partial charge >= 0.3 is 0 Å². The number of anilines is 4. The van der Waals surface area contributed by atoms with Gasteiger partial charge in [-0.15, -0.1) is 0 Å². The maximum Gasteiger partial charge on any atom is 0.232 e. The lowest BCUT2D eigenvalue weighted by atomic mass is 10.1. The van der Waals surface area contributed by atoms with E-state index in [2.05, 4.69) is 42.6 Å². The molecule has 0 spiro atoms. The lowest BCUT2D eigenvalue weighted by Gasteiger charge is -2.32. The van der Waals surface area contributed by atoms with Crippen LogP contribution in [0.1, 0.15) is 37.3 Å². The third kappa shape index (κ3) is 6.04. The molecule has 0 radical (unpaired) electrons. The Balaban J connectivity index is 1.35. The van der Waals surface area contributed by atoms with Crippen LogP contribution in [-0.4, -0.2) is 40.1 Å².